The van der Waals surface area contributed by atoms with E-state index in [0.29, 0.717) is 5.92 Å². The lowest BCUT2D eigenvalue weighted by Gasteiger charge is -2.19. The van der Waals surface area contributed by atoms with Crippen molar-refractivity contribution in [1.29, 1.82) is 0 Å². The fourth-order valence-corrected chi connectivity index (χ4v) is 1.53. The molecule has 0 radical (unpaired) electrons. The minimum Gasteiger partial charge on any atom is -0.426 e. The molecule has 0 spiro atoms. The highest BCUT2D eigenvalue weighted by Crippen LogP contribution is 2.26. The second-order valence-electron chi connectivity index (χ2n) is 4.54. The Labute approximate surface area is 97.7 Å². The first-order chi connectivity index (χ1) is 7.54. The van der Waals surface area contributed by atoms with Crippen LogP contribution in [-0.2, 0) is 9.53 Å². The molecule has 2 nitrogen and oxygen atoms in total. The van der Waals surface area contributed by atoms with Crippen molar-refractivity contribution in [2.24, 2.45) is 11.8 Å². The number of allylic oxidation sites excluding steroid dienone is 4. The van der Waals surface area contributed by atoms with Gasteiger partial charge in [0, 0.05) is 0 Å². The second-order valence-corrected chi connectivity index (χ2v) is 4.54. The highest BCUT2D eigenvalue weighted by Gasteiger charge is 2.18. The van der Waals surface area contributed by atoms with Gasteiger partial charge in [-0.25, -0.2) is 0 Å². The van der Waals surface area contributed by atoms with Gasteiger partial charge >= 0.3 is 5.97 Å². The van der Waals surface area contributed by atoms with Gasteiger partial charge in [0.1, 0.15) is 5.76 Å². The molecule has 0 bridgehead atoms. The summed E-state index contributed by atoms with van der Waals surface area (Å²) in [6.07, 6.45) is 7.75. The quantitative estimate of drug-likeness (QED) is 0.534. The molecule has 0 N–H and O–H groups in total. The molecule has 0 aromatic carbocycles. The molecule has 0 aromatic heterocycles. The van der Waals surface area contributed by atoms with E-state index in [1.54, 1.807) is 0 Å². The Kier molecular flexibility index (Phi) is 4.53. The predicted molar refractivity (Wildman–Crippen MR) is 65.7 cm³/mol. The summed E-state index contributed by atoms with van der Waals surface area (Å²) in [5, 5.41) is 0. The maximum atomic E-state index is 11.6. The third kappa shape index (κ3) is 3.37. The molecular formula is C14H20O2. The van der Waals surface area contributed by atoms with Crippen LogP contribution in [0.25, 0.3) is 0 Å². The first-order valence-electron chi connectivity index (χ1n) is 5.78. The molecule has 0 fully saturated rings. The van der Waals surface area contributed by atoms with Crippen molar-refractivity contribution in [3.05, 3.63) is 36.1 Å². The van der Waals surface area contributed by atoms with E-state index < -0.39 is 0 Å². The molecule has 2 heteroatoms. The molecule has 1 aliphatic rings. The minimum absolute atomic E-state index is 0.0943. The van der Waals surface area contributed by atoms with Gasteiger partial charge in [-0.2, -0.15) is 0 Å². The monoisotopic (exact) mass is 220 g/mol. The van der Waals surface area contributed by atoms with Crippen LogP contribution in [0.15, 0.2) is 36.1 Å². The van der Waals surface area contributed by atoms with Crippen LogP contribution < -0.4 is 0 Å². The summed E-state index contributed by atoms with van der Waals surface area (Å²) >= 11 is 0. The maximum Gasteiger partial charge on any atom is 0.313 e. The van der Waals surface area contributed by atoms with Crippen molar-refractivity contribution < 1.29 is 9.53 Å². The van der Waals surface area contributed by atoms with Crippen molar-refractivity contribution in [2.45, 2.75) is 33.6 Å². The zero-order chi connectivity index (χ0) is 12.1. The van der Waals surface area contributed by atoms with Crippen LogP contribution in [0.5, 0.6) is 0 Å². The molecular weight excluding hydrogens is 200 g/mol. The largest absolute Gasteiger partial charge is 0.426 e. The van der Waals surface area contributed by atoms with E-state index in [9.17, 15) is 4.79 Å². The van der Waals surface area contributed by atoms with Crippen LogP contribution in [0, 0.1) is 11.8 Å². The summed E-state index contributed by atoms with van der Waals surface area (Å²) in [5.74, 6) is 0.888. The fraction of sp³-hybridized carbons (Fsp3) is 0.500. The van der Waals surface area contributed by atoms with Crippen molar-refractivity contribution in [2.75, 3.05) is 0 Å². The van der Waals surface area contributed by atoms with Crippen molar-refractivity contribution in [1.82, 2.24) is 0 Å². The third-order valence-electron chi connectivity index (χ3n) is 2.53. The highest BCUT2D eigenvalue weighted by atomic mass is 16.5. The number of rotatable bonds is 4. The molecule has 1 unspecified atom stereocenters. The van der Waals surface area contributed by atoms with Crippen LogP contribution in [0.4, 0.5) is 0 Å². The van der Waals surface area contributed by atoms with E-state index in [2.05, 4.69) is 19.6 Å². The van der Waals surface area contributed by atoms with Gasteiger partial charge in [-0.3, -0.25) is 4.79 Å². The summed E-state index contributed by atoms with van der Waals surface area (Å²) in [7, 11) is 0. The molecule has 88 valence electrons. The topological polar surface area (TPSA) is 26.3 Å². The average molecular weight is 220 g/mol. The standard InChI is InChI=1S/C14H20O2/c1-5-6-12-8-7-11(4)9-13(12)16-14(15)10(2)3/h5,8-11H,1,6-7H2,2-4H3. The molecule has 0 aliphatic heterocycles. The second kappa shape index (κ2) is 5.69. The normalized spacial score (nSPS) is 20.1. The zero-order valence-corrected chi connectivity index (χ0v) is 10.3. The minimum atomic E-state index is -0.171. The van der Waals surface area contributed by atoms with Crippen LogP contribution in [0.3, 0.4) is 0 Å². The average Bonchev–Trinajstić information content (AvgIpc) is 2.22. The Morgan fingerprint density at radius 1 is 1.69 bits per heavy atom. The van der Waals surface area contributed by atoms with E-state index in [-0.39, 0.29) is 11.9 Å². The molecule has 1 rings (SSSR count). The van der Waals surface area contributed by atoms with Crippen LogP contribution >= 0.6 is 0 Å². The van der Waals surface area contributed by atoms with E-state index in [0.717, 1.165) is 24.2 Å². The lowest BCUT2D eigenvalue weighted by molar-refractivity contribution is -0.142. The molecule has 0 heterocycles. The Hall–Kier alpha value is -1.31. The van der Waals surface area contributed by atoms with E-state index >= 15 is 0 Å². The Balaban J connectivity index is 2.77. The molecule has 16 heavy (non-hydrogen) atoms. The summed E-state index contributed by atoms with van der Waals surface area (Å²) in [6, 6.07) is 0. The van der Waals surface area contributed by atoms with Gasteiger partial charge in [0.25, 0.3) is 0 Å². The number of carbonyl (C=O) groups is 1. The SMILES string of the molecule is C=CCC1=CCC(C)C=C1OC(=O)C(C)C. The third-order valence-corrected chi connectivity index (χ3v) is 2.53. The van der Waals surface area contributed by atoms with Gasteiger partial charge in [-0.15, -0.1) is 6.58 Å². The summed E-state index contributed by atoms with van der Waals surface area (Å²) in [6.45, 7) is 9.51. The Morgan fingerprint density at radius 2 is 2.38 bits per heavy atom. The van der Waals surface area contributed by atoms with Gasteiger partial charge in [-0.05, 0) is 30.4 Å². The summed E-state index contributed by atoms with van der Waals surface area (Å²) in [4.78, 5) is 11.6. The first kappa shape index (κ1) is 12.8. The van der Waals surface area contributed by atoms with Gasteiger partial charge in [0.05, 0.1) is 5.92 Å². The lowest BCUT2D eigenvalue weighted by atomic mass is 9.95. The molecule has 1 aliphatic carbocycles. The highest BCUT2D eigenvalue weighted by molar-refractivity contribution is 5.73. The van der Waals surface area contributed by atoms with Gasteiger partial charge in [0.2, 0.25) is 0 Å². The van der Waals surface area contributed by atoms with Crippen LogP contribution in [0.1, 0.15) is 33.6 Å². The Morgan fingerprint density at radius 3 is 2.94 bits per heavy atom. The van der Waals surface area contributed by atoms with E-state index in [4.69, 9.17) is 4.74 Å². The molecule has 0 aromatic rings. The van der Waals surface area contributed by atoms with Crippen molar-refractivity contribution in [3.8, 4) is 0 Å². The van der Waals surface area contributed by atoms with Crippen molar-refractivity contribution >= 4 is 5.97 Å². The lowest BCUT2D eigenvalue weighted by Crippen LogP contribution is -2.14. The molecule has 0 saturated heterocycles. The van der Waals surface area contributed by atoms with Gasteiger partial charge < -0.3 is 4.74 Å². The first-order valence-corrected chi connectivity index (χ1v) is 5.78. The van der Waals surface area contributed by atoms with E-state index in [1.165, 1.54) is 0 Å². The van der Waals surface area contributed by atoms with Gasteiger partial charge in [0.15, 0.2) is 0 Å². The summed E-state index contributed by atoms with van der Waals surface area (Å²) < 4.78 is 5.39. The molecule has 0 amide bonds. The Bertz CT molecular complexity index is 335. The van der Waals surface area contributed by atoms with Crippen molar-refractivity contribution in [3.63, 3.8) is 0 Å². The number of ether oxygens (including phenoxy) is 1. The molecule has 1 atom stereocenters. The number of hydrogen-bond acceptors (Lipinski definition) is 2. The smallest absolute Gasteiger partial charge is 0.313 e. The number of carbonyl (C=O) groups excluding carboxylic acids is 1. The van der Waals surface area contributed by atoms with Crippen LogP contribution in [-0.4, -0.2) is 5.97 Å². The maximum absolute atomic E-state index is 11.6. The predicted octanol–water partition coefficient (Wildman–Crippen LogP) is 3.61. The number of hydrogen-bond donors (Lipinski definition) is 0. The van der Waals surface area contributed by atoms with E-state index in [1.807, 2.05) is 26.0 Å². The number of esters is 1. The van der Waals surface area contributed by atoms with Gasteiger partial charge in [-0.1, -0.05) is 32.9 Å². The zero-order valence-electron chi connectivity index (χ0n) is 10.3. The van der Waals surface area contributed by atoms with Crippen LogP contribution in [0.2, 0.25) is 0 Å². The summed E-state index contributed by atoms with van der Waals surface area (Å²) in [5.41, 5.74) is 1.07. The fourth-order valence-electron chi connectivity index (χ4n) is 1.53. The molecule has 0 saturated carbocycles.